The van der Waals surface area contributed by atoms with E-state index in [1.807, 2.05) is 17.9 Å². The van der Waals surface area contributed by atoms with E-state index in [0.29, 0.717) is 9.60 Å². The molecule has 1 aliphatic heterocycles. The Morgan fingerprint density at radius 3 is 2.91 bits per heavy atom. The largest absolute Gasteiger partial charge is 0.345 e. The quantitative estimate of drug-likeness (QED) is 0.852. The Hall–Kier alpha value is -1.38. The molecular formula is C14H14BrN3O2S2. The first-order valence-corrected chi connectivity index (χ1v) is 9.72. The van der Waals surface area contributed by atoms with E-state index >= 15 is 0 Å². The van der Waals surface area contributed by atoms with E-state index < -0.39 is 10.0 Å². The summed E-state index contributed by atoms with van der Waals surface area (Å²) >= 11 is 4.61. The van der Waals surface area contributed by atoms with Gasteiger partial charge >= 0.3 is 0 Å². The highest BCUT2D eigenvalue weighted by Gasteiger charge is 2.26. The Morgan fingerprint density at radius 1 is 1.50 bits per heavy atom. The van der Waals surface area contributed by atoms with E-state index in [1.165, 1.54) is 11.3 Å². The average molecular weight is 400 g/mol. The third-order valence-electron chi connectivity index (χ3n) is 3.43. The second-order valence-corrected chi connectivity index (χ2v) is 8.39. The van der Waals surface area contributed by atoms with Crippen LogP contribution in [0.15, 0.2) is 45.4 Å². The number of aromatic nitrogens is 1. The van der Waals surface area contributed by atoms with Crippen LogP contribution in [0.1, 0.15) is 12.5 Å². The van der Waals surface area contributed by atoms with Crippen molar-refractivity contribution in [3.05, 3.63) is 46.0 Å². The van der Waals surface area contributed by atoms with E-state index in [1.54, 1.807) is 17.6 Å². The Bertz CT molecular complexity index is 832. The fourth-order valence-electron chi connectivity index (χ4n) is 2.43. The van der Waals surface area contributed by atoms with Crippen LogP contribution in [-0.2, 0) is 16.4 Å². The Balaban J connectivity index is 2.04. The number of rotatable bonds is 4. The molecule has 1 aromatic carbocycles. The maximum Gasteiger partial charge on any atom is 0.264 e. The molecule has 0 saturated carbocycles. The van der Waals surface area contributed by atoms with Crippen LogP contribution < -0.4 is 9.62 Å². The second kappa shape index (κ2) is 5.68. The normalized spacial score (nSPS) is 14.0. The summed E-state index contributed by atoms with van der Waals surface area (Å²) in [7, 11) is -3.69. The molecule has 0 amide bonds. The van der Waals surface area contributed by atoms with Crippen LogP contribution in [0.4, 0.5) is 10.8 Å². The number of fused-ring (bicyclic) bond motifs is 1. The molecule has 0 unspecified atom stereocenters. The first-order valence-electron chi connectivity index (χ1n) is 6.56. The number of sulfonamides is 1. The van der Waals surface area contributed by atoms with Crippen LogP contribution in [0.25, 0.3) is 0 Å². The van der Waals surface area contributed by atoms with Crippen molar-refractivity contribution >= 4 is 48.1 Å². The van der Waals surface area contributed by atoms with Gasteiger partial charge in [0, 0.05) is 34.0 Å². The van der Waals surface area contributed by atoms with Crippen molar-refractivity contribution in [3.63, 3.8) is 0 Å². The maximum atomic E-state index is 12.6. The van der Waals surface area contributed by atoms with Gasteiger partial charge in [-0.25, -0.2) is 13.4 Å². The molecular weight excluding hydrogens is 386 g/mol. The molecule has 5 nitrogen and oxygen atoms in total. The summed E-state index contributed by atoms with van der Waals surface area (Å²) < 4.78 is 28.2. The van der Waals surface area contributed by atoms with Crippen LogP contribution >= 0.6 is 27.3 Å². The predicted octanol–water partition coefficient (Wildman–Crippen LogP) is 3.60. The number of hydrogen-bond donors (Lipinski definition) is 1. The summed E-state index contributed by atoms with van der Waals surface area (Å²) in [4.78, 5) is 6.20. The highest BCUT2D eigenvalue weighted by molar-refractivity contribution is 9.10. The number of thiazole rings is 1. The second-order valence-electron chi connectivity index (χ2n) is 4.99. The molecule has 1 aliphatic rings. The topological polar surface area (TPSA) is 62.3 Å². The Kier molecular flexibility index (Phi) is 4.00. The van der Waals surface area contributed by atoms with Crippen molar-refractivity contribution in [3.8, 4) is 0 Å². The minimum absolute atomic E-state index is 0.203. The average Bonchev–Trinajstić information content (AvgIpc) is 3.05. The molecule has 0 fully saturated rings. The van der Waals surface area contributed by atoms with Gasteiger partial charge in [-0.1, -0.05) is 6.58 Å². The fraction of sp³-hybridized carbons (Fsp3) is 0.214. The number of hydrogen-bond acceptors (Lipinski definition) is 5. The third kappa shape index (κ3) is 2.78. The summed E-state index contributed by atoms with van der Waals surface area (Å²) in [5.41, 5.74) is 2.91. The standard InChI is InChI=1S/C14H14BrN3O2S2/c1-9(2)18-5-3-10-7-11(15)13(8-12(10)18)22(19,20)17-14-16-4-6-21-14/h4,6-8H,1,3,5H2,2H3,(H,16,17). The van der Waals surface area contributed by atoms with E-state index in [9.17, 15) is 8.42 Å². The van der Waals surface area contributed by atoms with Gasteiger partial charge in [-0.2, -0.15) is 0 Å². The lowest BCUT2D eigenvalue weighted by molar-refractivity contribution is 0.600. The number of benzene rings is 1. The minimum Gasteiger partial charge on any atom is -0.345 e. The lowest BCUT2D eigenvalue weighted by atomic mass is 10.2. The number of nitrogens with one attached hydrogen (secondary N) is 1. The van der Waals surface area contributed by atoms with E-state index in [-0.39, 0.29) is 4.90 Å². The van der Waals surface area contributed by atoms with Gasteiger partial charge < -0.3 is 4.90 Å². The molecule has 0 aliphatic carbocycles. The van der Waals surface area contributed by atoms with E-state index in [4.69, 9.17) is 0 Å². The lowest BCUT2D eigenvalue weighted by Gasteiger charge is -2.20. The number of halogens is 1. The van der Waals surface area contributed by atoms with Crippen molar-refractivity contribution in [2.45, 2.75) is 18.2 Å². The summed E-state index contributed by atoms with van der Waals surface area (Å²) in [5, 5.41) is 2.07. The zero-order chi connectivity index (χ0) is 15.9. The molecule has 8 heteroatoms. The molecule has 22 heavy (non-hydrogen) atoms. The van der Waals surface area contributed by atoms with Gasteiger partial charge in [-0.15, -0.1) is 11.3 Å². The van der Waals surface area contributed by atoms with Crippen LogP contribution in [0.3, 0.4) is 0 Å². The SMILES string of the molecule is C=C(C)N1CCc2cc(Br)c(S(=O)(=O)Nc3nccs3)cc21. The molecule has 0 atom stereocenters. The molecule has 0 bridgehead atoms. The minimum atomic E-state index is -3.69. The summed E-state index contributed by atoms with van der Waals surface area (Å²) in [6, 6.07) is 3.56. The van der Waals surface area contributed by atoms with Crippen LogP contribution in [0, 0.1) is 0 Å². The van der Waals surface area contributed by atoms with Crippen molar-refractivity contribution in [1.29, 1.82) is 0 Å². The summed E-state index contributed by atoms with van der Waals surface area (Å²) in [6.07, 6.45) is 2.43. The van der Waals surface area contributed by atoms with Crippen molar-refractivity contribution < 1.29 is 8.42 Å². The first-order chi connectivity index (χ1) is 10.4. The number of allylic oxidation sites excluding steroid dienone is 1. The molecule has 1 N–H and O–H groups in total. The first kappa shape index (κ1) is 15.5. The van der Waals surface area contributed by atoms with Gasteiger partial charge in [0.05, 0.1) is 0 Å². The van der Waals surface area contributed by atoms with Crippen LogP contribution in [-0.4, -0.2) is 19.9 Å². The summed E-state index contributed by atoms with van der Waals surface area (Å²) in [5.74, 6) is 0. The van der Waals surface area contributed by atoms with Gasteiger partial charge in [-0.05, 0) is 47.0 Å². The zero-order valence-corrected chi connectivity index (χ0v) is 15.1. The molecule has 0 spiro atoms. The molecule has 2 heterocycles. The maximum absolute atomic E-state index is 12.6. The highest BCUT2D eigenvalue weighted by atomic mass is 79.9. The van der Waals surface area contributed by atoms with Gasteiger partial charge in [0.25, 0.3) is 10.0 Å². The molecule has 3 rings (SSSR count). The van der Waals surface area contributed by atoms with Crippen molar-refractivity contribution in [2.75, 3.05) is 16.2 Å². The molecule has 0 saturated heterocycles. The molecule has 0 radical (unpaired) electrons. The number of anilines is 2. The Labute approximate surface area is 141 Å². The van der Waals surface area contributed by atoms with E-state index in [2.05, 4.69) is 32.2 Å². The third-order valence-corrected chi connectivity index (χ3v) is 6.55. The van der Waals surface area contributed by atoms with Gasteiger partial charge in [-0.3, -0.25) is 4.72 Å². The monoisotopic (exact) mass is 399 g/mol. The van der Waals surface area contributed by atoms with Gasteiger partial charge in [0.2, 0.25) is 0 Å². The molecule has 1 aromatic heterocycles. The molecule has 116 valence electrons. The molecule has 2 aromatic rings. The van der Waals surface area contributed by atoms with Crippen molar-refractivity contribution in [2.24, 2.45) is 0 Å². The van der Waals surface area contributed by atoms with Crippen LogP contribution in [0.2, 0.25) is 0 Å². The number of nitrogens with zero attached hydrogens (tertiary/aromatic N) is 2. The smallest absolute Gasteiger partial charge is 0.264 e. The lowest BCUT2D eigenvalue weighted by Crippen LogP contribution is -2.18. The highest BCUT2D eigenvalue weighted by Crippen LogP contribution is 2.37. The van der Waals surface area contributed by atoms with Crippen LogP contribution in [0.5, 0.6) is 0 Å². The fourth-order valence-corrected chi connectivity index (χ4v) is 5.33. The predicted molar refractivity (Wildman–Crippen MR) is 92.9 cm³/mol. The van der Waals surface area contributed by atoms with Gasteiger partial charge in [0.1, 0.15) is 4.90 Å². The zero-order valence-electron chi connectivity index (χ0n) is 11.8. The van der Waals surface area contributed by atoms with E-state index in [0.717, 1.165) is 29.9 Å². The Morgan fingerprint density at radius 2 is 2.27 bits per heavy atom. The summed E-state index contributed by atoms with van der Waals surface area (Å²) in [6.45, 7) is 6.69. The van der Waals surface area contributed by atoms with Gasteiger partial charge in [0.15, 0.2) is 5.13 Å². The van der Waals surface area contributed by atoms with Crippen molar-refractivity contribution in [1.82, 2.24) is 4.98 Å².